The van der Waals surface area contributed by atoms with E-state index in [1.165, 1.54) is 19.4 Å². The van der Waals surface area contributed by atoms with Crippen LogP contribution < -0.4 is 25.6 Å². The Bertz CT molecular complexity index is 2770. The summed E-state index contributed by atoms with van der Waals surface area (Å²) >= 11 is 0. The summed E-state index contributed by atoms with van der Waals surface area (Å²) in [6, 6.07) is 18.0. The standard InChI is InChI=1S/C54H66FN11O10/c1-37(59-52(70)39-11-8-12-41(30-39)57-34-48-61-62-51(64(48)3)45-16-18-56-36-58-45)38-10-9-13-42(31-38)76-24-7-5-4-6-23-73-26-28-75-29-27-74-25-17-50(69)66-21-19-65(20-22-66)47-33-43(40(35-67)32-44(47)55)54(72)63(2)46-14-15-49(68)60-53(46)71/h8-13,16,18,30-33,35-37,46,57H,4-7,14-15,17,19-29,34H2,1-3H3,(H,59,70)(H,60,68,71). The van der Waals surface area contributed by atoms with Crippen molar-refractivity contribution >= 4 is 47.2 Å². The number of aromatic nitrogens is 5. The van der Waals surface area contributed by atoms with Gasteiger partial charge >= 0.3 is 0 Å². The van der Waals surface area contributed by atoms with Gasteiger partial charge in [0.1, 0.15) is 29.6 Å². The Morgan fingerprint density at radius 1 is 0.882 bits per heavy atom. The molecule has 2 fully saturated rings. The Kier molecular flexibility index (Phi) is 20.9. The van der Waals surface area contributed by atoms with Crippen LogP contribution in [0.15, 0.2) is 79.3 Å². The summed E-state index contributed by atoms with van der Waals surface area (Å²) in [5, 5.41) is 17.2. The topological polar surface area (TPSA) is 242 Å². The number of imide groups is 1. The molecule has 3 N–H and O–H groups in total. The first-order valence-electron chi connectivity index (χ1n) is 25.6. The van der Waals surface area contributed by atoms with E-state index >= 15 is 4.39 Å². The number of anilines is 2. The average Bonchev–Trinajstić information content (AvgIpc) is 3.82. The van der Waals surface area contributed by atoms with Gasteiger partial charge < -0.3 is 48.8 Å². The highest BCUT2D eigenvalue weighted by Gasteiger charge is 2.34. The molecule has 0 bridgehead atoms. The SMILES string of the molecule is CC(NC(=O)c1cccc(NCc2nnc(-c3ccncn3)n2C)c1)c1cccc(OCCCCCCOCCOCCOCCC(=O)N2CCN(c3cc(C(=O)N(C)C4CCC(=O)NC4=O)c(C=O)cc3F)CC2)c1. The third-order valence-corrected chi connectivity index (χ3v) is 13.2. The van der Waals surface area contributed by atoms with E-state index < -0.39 is 29.6 Å². The zero-order valence-corrected chi connectivity index (χ0v) is 43.2. The molecule has 5 aromatic rings. The highest BCUT2D eigenvalue weighted by Crippen LogP contribution is 2.27. The van der Waals surface area contributed by atoms with E-state index in [9.17, 15) is 28.8 Å². The highest BCUT2D eigenvalue weighted by molar-refractivity contribution is 6.06. The van der Waals surface area contributed by atoms with E-state index in [1.54, 1.807) is 28.1 Å². The Balaban J connectivity index is 0.685. The fourth-order valence-corrected chi connectivity index (χ4v) is 8.74. The smallest absolute Gasteiger partial charge is 0.255 e. The van der Waals surface area contributed by atoms with Crippen molar-refractivity contribution in [2.45, 2.75) is 70.5 Å². The lowest BCUT2D eigenvalue weighted by Crippen LogP contribution is -2.53. The highest BCUT2D eigenvalue weighted by atomic mass is 19.1. The predicted molar refractivity (Wildman–Crippen MR) is 278 cm³/mol. The van der Waals surface area contributed by atoms with Gasteiger partial charge in [0.05, 0.1) is 69.9 Å². The number of amides is 5. The molecule has 0 spiro atoms. The van der Waals surface area contributed by atoms with Crippen molar-refractivity contribution in [2.75, 3.05) is 89.7 Å². The number of aldehydes is 1. The second-order valence-electron chi connectivity index (χ2n) is 18.4. The Morgan fingerprint density at radius 2 is 1.62 bits per heavy atom. The summed E-state index contributed by atoms with van der Waals surface area (Å²) in [5.74, 6) is -0.559. The lowest BCUT2D eigenvalue weighted by molar-refractivity contribution is -0.136. The number of hydrogen-bond donors (Lipinski definition) is 3. The molecule has 5 amide bonds. The van der Waals surface area contributed by atoms with Gasteiger partial charge in [0.15, 0.2) is 17.9 Å². The maximum Gasteiger partial charge on any atom is 0.255 e. The van der Waals surface area contributed by atoms with Gasteiger partial charge in [-0.3, -0.25) is 34.1 Å². The normalized spacial score (nSPS) is 15.0. The second-order valence-corrected chi connectivity index (χ2v) is 18.4. The van der Waals surface area contributed by atoms with Crippen LogP contribution >= 0.6 is 0 Å². The van der Waals surface area contributed by atoms with Crippen molar-refractivity contribution in [1.82, 2.24) is 45.2 Å². The molecule has 2 aliphatic heterocycles. The van der Waals surface area contributed by atoms with Gasteiger partial charge in [-0.2, -0.15) is 0 Å². The number of likely N-dealkylation sites (N-methyl/N-ethyl adjacent to an activating group) is 1. The molecule has 2 atom stereocenters. The molecule has 4 heterocycles. The van der Waals surface area contributed by atoms with E-state index in [0.29, 0.717) is 102 Å². The summed E-state index contributed by atoms with van der Waals surface area (Å²) in [7, 11) is 3.28. The van der Waals surface area contributed by atoms with Crippen LogP contribution in [0.25, 0.3) is 11.5 Å². The fraction of sp³-hybridized carbons (Fsp3) is 0.444. The van der Waals surface area contributed by atoms with Crippen LogP contribution in [0.1, 0.15) is 100 Å². The molecule has 2 aromatic heterocycles. The van der Waals surface area contributed by atoms with Gasteiger partial charge in [-0.25, -0.2) is 14.4 Å². The van der Waals surface area contributed by atoms with Crippen LogP contribution in [0.2, 0.25) is 0 Å². The first-order chi connectivity index (χ1) is 36.9. The number of nitrogens with one attached hydrogen (secondary N) is 3. The number of carbonyl (C=O) groups excluding carboxylic acids is 6. The Morgan fingerprint density at radius 3 is 2.36 bits per heavy atom. The number of piperidine rings is 1. The number of hydrogen-bond acceptors (Lipinski definition) is 16. The molecule has 21 nitrogen and oxygen atoms in total. The molecule has 0 radical (unpaired) electrons. The van der Waals surface area contributed by atoms with E-state index in [0.717, 1.165) is 53.6 Å². The summed E-state index contributed by atoms with van der Waals surface area (Å²) in [5.41, 5.74) is 2.81. The lowest BCUT2D eigenvalue weighted by atomic mass is 10.0. The van der Waals surface area contributed by atoms with Gasteiger partial charge in [-0.05, 0) is 86.7 Å². The average molecular weight is 1050 g/mol. The molecule has 2 saturated heterocycles. The van der Waals surface area contributed by atoms with Gasteiger partial charge in [0.2, 0.25) is 17.7 Å². The number of unbranched alkanes of at least 4 members (excludes halogenated alkanes) is 3. The third-order valence-electron chi connectivity index (χ3n) is 13.2. The van der Waals surface area contributed by atoms with Crippen LogP contribution in [0.3, 0.4) is 0 Å². The van der Waals surface area contributed by atoms with Crippen LogP contribution in [-0.2, 0) is 42.2 Å². The van der Waals surface area contributed by atoms with Crippen LogP contribution in [0, 0.1) is 5.82 Å². The molecular formula is C54H66FN11O10. The first-order valence-corrected chi connectivity index (χ1v) is 25.6. The van der Waals surface area contributed by atoms with E-state index in [2.05, 4.69) is 36.1 Å². The van der Waals surface area contributed by atoms with E-state index in [4.69, 9.17) is 18.9 Å². The molecule has 7 rings (SSSR count). The molecule has 76 heavy (non-hydrogen) atoms. The Hall–Kier alpha value is -7.69. The number of rotatable bonds is 28. The monoisotopic (exact) mass is 1050 g/mol. The van der Waals surface area contributed by atoms with Crippen molar-refractivity contribution in [1.29, 1.82) is 0 Å². The minimum atomic E-state index is -0.908. The van der Waals surface area contributed by atoms with Gasteiger partial charge in [-0.15, -0.1) is 10.2 Å². The number of ether oxygens (including phenoxy) is 4. The maximum absolute atomic E-state index is 15.2. The molecular weight excluding hydrogens is 982 g/mol. The van der Waals surface area contributed by atoms with E-state index in [1.807, 2.05) is 61.0 Å². The van der Waals surface area contributed by atoms with Crippen molar-refractivity contribution in [3.63, 3.8) is 0 Å². The van der Waals surface area contributed by atoms with Crippen molar-refractivity contribution < 1.29 is 52.1 Å². The largest absolute Gasteiger partial charge is 0.494 e. The number of nitrogens with zero attached hydrogens (tertiary/aromatic N) is 8. The molecule has 3 aromatic carbocycles. The number of carbonyl (C=O) groups is 6. The number of halogens is 1. The zero-order chi connectivity index (χ0) is 53.8. The summed E-state index contributed by atoms with van der Waals surface area (Å²) in [4.78, 5) is 88.2. The van der Waals surface area contributed by atoms with Gasteiger partial charge in [-0.1, -0.05) is 24.6 Å². The van der Waals surface area contributed by atoms with Crippen molar-refractivity contribution in [2.24, 2.45) is 7.05 Å². The van der Waals surface area contributed by atoms with Gasteiger partial charge in [0.25, 0.3) is 11.8 Å². The first kappa shape index (κ1) is 56.0. The molecule has 2 aliphatic rings. The van der Waals surface area contributed by atoms with Crippen LogP contribution in [-0.4, -0.2) is 156 Å². The molecule has 0 saturated carbocycles. The van der Waals surface area contributed by atoms with Crippen LogP contribution in [0.4, 0.5) is 15.8 Å². The van der Waals surface area contributed by atoms with Crippen molar-refractivity contribution in [3.8, 4) is 17.3 Å². The molecule has 404 valence electrons. The third kappa shape index (κ3) is 15.7. The summed E-state index contributed by atoms with van der Waals surface area (Å²) in [6.45, 7) is 6.61. The minimum Gasteiger partial charge on any atom is -0.494 e. The van der Waals surface area contributed by atoms with E-state index in [-0.39, 0.29) is 60.5 Å². The molecule has 22 heteroatoms. The zero-order valence-electron chi connectivity index (χ0n) is 43.2. The Labute approximate surface area is 440 Å². The molecule has 2 unspecified atom stereocenters. The quantitative estimate of drug-likeness (QED) is 0.0342. The van der Waals surface area contributed by atoms with Crippen molar-refractivity contribution in [3.05, 3.63) is 113 Å². The summed E-state index contributed by atoms with van der Waals surface area (Å²) in [6.07, 6.45) is 7.72. The predicted octanol–water partition coefficient (Wildman–Crippen LogP) is 4.93. The number of piperazine rings is 1. The lowest BCUT2D eigenvalue weighted by Gasteiger charge is -2.36. The second kappa shape index (κ2) is 28.3. The number of benzene rings is 3. The summed E-state index contributed by atoms with van der Waals surface area (Å²) < 4.78 is 40.1. The molecule has 0 aliphatic carbocycles. The van der Waals surface area contributed by atoms with Crippen LogP contribution in [0.5, 0.6) is 5.75 Å². The minimum absolute atomic E-state index is 0.0604. The van der Waals surface area contributed by atoms with Gasteiger partial charge in [0, 0.05) is 76.3 Å². The fourth-order valence-electron chi connectivity index (χ4n) is 8.74. The maximum atomic E-state index is 15.2.